The van der Waals surface area contributed by atoms with Gasteiger partial charge in [0.1, 0.15) is 5.69 Å². The zero-order valence-corrected chi connectivity index (χ0v) is 12.4. The van der Waals surface area contributed by atoms with Crippen LogP contribution in [0.1, 0.15) is 36.8 Å². The number of hydrogen-bond donors (Lipinski definition) is 1. The predicted octanol–water partition coefficient (Wildman–Crippen LogP) is 2.57. The van der Waals surface area contributed by atoms with Crippen LogP contribution in [0.2, 0.25) is 0 Å². The molecule has 1 aliphatic carbocycles. The fourth-order valence-electron chi connectivity index (χ4n) is 2.97. The summed E-state index contributed by atoms with van der Waals surface area (Å²) >= 11 is 0. The third-order valence-electron chi connectivity index (χ3n) is 4.23. The third-order valence-corrected chi connectivity index (χ3v) is 4.23. The SMILES string of the molecule is Cc1cnc(-c2noc(C3C(C(=O)O)C3(C)C)n2)c(C)c1. The van der Waals surface area contributed by atoms with Gasteiger partial charge in [-0.25, -0.2) is 0 Å². The van der Waals surface area contributed by atoms with Crippen molar-refractivity contribution in [3.8, 4) is 11.5 Å². The molecule has 2 aromatic heterocycles. The van der Waals surface area contributed by atoms with Crippen LogP contribution in [-0.4, -0.2) is 26.2 Å². The predicted molar refractivity (Wildman–Crippen MR) is 74.7 cm³/mol. The van der Waals surface area contributed by atoms with Gasteiger partial charge in [0, 0.05) is 6.20 Å². The first-order chi connectivity index (χ1) is 9.82. The minimum Gasteiger partial charge on any atom is -0.481 e. The number of aromatic nitrogens is 3. The molecule has 1 saturated carbocycles. The minimum absolute atomic E-state index is 0.234. The lowest BCUT2D eigenvalue weighted by atomic mass is 10.1. The molecule has 1 fully saturated rings. The Balaban J connectivity index is 1.93. The van der Waals surface area contributed by atoms with Gasteiger partial charge in [0.25, 0.3) is 0 Å². The highest BCUT2D eigenvalue weighted by atomic mass is 16.5. The van der Waals surface area contributed by atoms with Crippen LogP contribution in [-0.2, 0) is 4.79 Å². The Morgan fingerprint density at radius 3 is 2.67 bits per heavy atom. The monoisotopic (exact) mass is 287 g/mol. The number of rotatable bonds is 3. The van der Waals surface area contributed by atoms with E-state index in [-0.39, 0.29) is 11.3 Å². The van der Waals surface area contributed by atoms with E-state index in [1.807, 2.05) is 33.8 Å². The number of carboxylic acid groups (broad SMARTS) is 1. The molecule has 0 radical (unpaired) electrons. The highest BCUT2D eigenvalue weighted by Gasteiger charge is 2.65. The van der Waals surface area contributed by atoms with Crippen LogP contribution in [0.3, 0.4) is 0 Å². The summed E-state index contributed by atoms with van der Waals surface area (Å²) < 4.78 is 5.28. The molecule has 1 N–H and O–H groups in total. The molecule has 110 valence electrons. The number of hydrogen-bond acceptors (Lipinski definition) is 5. The maximum atomic E-state index is 11.2. The fourth-order valence-corrected chi connectivity index (χ4v) is 2.97. The summed E-state index contributed by atoms with van der Waals surface area (Å²) in [4.78, 5) is 19.9. The number of carbonyl (C=O) groups is 1. The number of pyridine rings is 1. The molecule has 21 heavy (non-hydrogen) atoms. The lowest BCUT2D eigenvalue weighted by Crippen LogP contribution is -2.03. The van der Waals surface area contributed by atoms with Crippen LogP contribution < -0.4 is 0 Å². The summed E-state index contributed by atoms with van der Waals surface area (Å²) in [6.07, 6.45) is 1.75. The Hall–Kier alpha value is -2.24. The van der Waals surface area contributed by atoms with Gasteiger partial charge >= 0.3 is 5.97 Å². The molecule has 2 aromatic rings. The van der Waals surface area contributed by atoms with Crippen molar-refractivity contribution in [1.82, 2.24) is 15.1 Å². The molecule has 0 saturated heterocycles. The Kier molecular flexibility index (Phi) is 2.86. The molecular weight excluding hydrogens is 270 g/mol. The zero-order chi connectivity index (χ0) is 15.4. The molecule has 0 aromatic carbocycles. The van der Waals surface area contributed by atoms with E-state index in [1.165, 1.54) is 0 Å². The molecule has 0 aliphatic heterocycles. The van der Waals surface area contributed by atoms with E-state index in [4.69, 9.17) is 4.52 Å². The van der Waals surface area contributed by atoms with E-state index >= 15 is 0 Å². The molecule has 2 atom stereocenters. The van der Waals surface area contributed by atoms with E-state index in [9.17, 15) is 9.90 Å². The van der Waals surface area contributed by atoms with Crippen molar-refractivity contribution in [3.63, 3.8) is 0 Å². The zero-order valence-electron chi connectivity index (χ0n) is 12.4. The normalized spacial score (nSPS) is 23.0. The van der Waals surface area contributed by atoms with Crippen LogP contribution >= 0.6 is 0 Å². The quantitative estimate of drug-likeness (QED) is 0.933. The minimum atomic E-state index is -0.825. The van der Waals surface area contributed by atoms with E-state index in [2.05, 4.69) is 15.1 Å². The van der Waals surface area contributed by atoms with E-state index < -0.39 is 11.9 Å². The van der Waals surface area contributed by atoms with Crippen molar-refractivity contribution >= 4 is 5.97 Å². The maximum absolute atomic E-state index is 11.2. The van der Waals surface area contributed by atoms with Crippen molar-refractivity contribution in [2.75, 3.05) is 0 Å². The Morgan fingerprint density at radius 2 is 2.10 bits per heavy atom. The molecule has 6 heteroatoms. The first kappa shape index (κ1) is 13.7. The Labute approximate surface area is 122 Å². The average molecular weight is 287 g/mol. The molecular formula is C15H17N3O3. The maximum Gasteiger partial charge on any atom is 0.307 e. The van der Waals surface area contributed by atoms with E-state index in [0.29, 0.717) is 17.4 Å². The second kappa shape index (κ2) is 4.38. The average Bonchev–Trinajstić information content (AvgIpc) is 2.75. The highest BCUT2D eigenvalue weighted by Crippen LogP contribution is 2.64. The fraction of sp³-hybridized carbons (Fsp3) is 0.467. The van der Waals surface area contributed by atoms with Crippen molar-refractivity contribution in [3.05, 3.63) is 29.3 Å². The van der Waals surface area contributed by atoms with Crippen molar-refractivity contribution in [1.29, 1.82) is 0 Å². The topological polar surface area (TPSA) is 89.1 Å². The lowest BCUT2D eigenvalue weighted by Gasteiger charge is -2.00. The number of aryl methyl sites for hydroxylation is 2. The number of nitrogens with zero attached hydrogens (tertiary/aromatic N) is 3. The standard InChI is InChI=1S/C15H17N3O3/c1-7-5-8(2)11(16-6-7)12-17-13(21-18-12)9-10(14(19)20)15(9,3)4/h5-6,9-10H,1-4H3,(H,19,20). The van der Waals surface area contributed by atoms with Gasteiger partial charge in [0.15, 0.2) is 0 Å². The van der Waals surface area contributed by atoms with Crippen molar-refractivity contribution in [2.45, 2.75) is 33.6 Å². The van der Waals surface area contributed by atoms with Gasteiger partial charge < -0.3 is 9.63 Å². The molecule has 2 unspecified atom stereocenters. The van der Waals surface area contributed by atoms with Crippen LogP contribution in [0.5, 0.6) is 0 Å². The molecule has 0 amide bonds. The summed E-state index contributed by atoms with van der Waals surface area (Å²) in [5.74, 6) is -0.743. The van der Waals surface area contributed by atoms with Gasteiger partial charge in [-0.2, -0.15) is 4.98 Å². The van der Waals surface area contributed by atoms with E-state index in [1.54, 1.807) is 6.20 Å². The first-order valence-corrected chi connectivity index (χ1v) is 6.82. The van der Waals surface area contributed by atoms with Crippen LogP contribution in [0.15, 0.2) is 16.8 Å². The number of carboxylic acids is 1. The highest BCUT2D eigenvalue weighted by molar-refractivity contribution is 5.77. The lowest BCUT2D eigenvalue weighted by molar-refractivity contribution is -0.139. The van der Waals surface area contributed by atoms with Gasteiger partial charge in [0.05, 0.1) is 11.8 Å². The second-order valence-corrected chi connectivity index (χ2v) is 6.25. The van der Waals surface area contributed by atoms with Gasteiger partial charge in [-0.3, -0.25) is 9.78 Å². The summed E-state index contributed by atoms with van der Waals surface area (Å²) in [5, 5.41) is 13.2. The van der Waals surface area contributed by atoms with Gasteiger partial charge in [-0.1, -0.05) is 25.1 Å². The van der Waals surface area contributed by atoms with Crippen LogP contribution in [0, 0.1) is 25.2 Å². The van der Waals surface area contributed by atoms with Gasteiger partial charge in [-0.05, 0) is 30.4 Å². The molecule has 0 bridgehead atoms. The van der Waals surface area contributed by atoms with Crippen LogP contribution in [0.4, 0.5) is 0 Å². The van der Waals surface area contributed by atoms with Crippen molar-refractivity contribution in [2.24, 2.45) is 11.3 Å². The van der Waals surface area contributed by atoms with Gasteiger partial charge in [0.2, 0.25) is 11.7 Å². The first-order valence-electron chi connectivity index (χ1n) is 6.82. The Morgan fingerprint density at radius 1 is 1.38 bits per heavy atom. The van der Waals surface area contributed by atoms with Crippen molar-refractivity contribution < 1.29 is 14.4 Å². The summed E-state index contributed by atoms with van der Waals surface area (Å²) in [6.45, 7) is 7.70. The smallest absolute Gasteiger partial charge is 0.307 e. The second-order valence-electron chi connectivity index (χ2n) is 6.25. The Bertz CT molecular complexity index is 721. The van der Waals surface area contributed by atoms with E-state index in [0.717, 1.165) is 11.1 Å². The molecule has 3 rings (SSSR count). The third kappa shape index (κ3) is 2.11. The van der Waals surface area contributed by atoms with Gasteiger partial charge in [-0.15, -0.1) is 0 Å². The summed E-state index contributed by atoms with van der Waals surface area (Å²) in [6, 6.07) is 2.00. The van der Waals surface area contributed by atoms with Crippen LogP contribution in [0.25, 0.3) is 11.5 Å². The molecule has 1 aliphatic rings. The summed E-state index contributed by atoms with van der Waals surface area (Å²) in [5.41, 5.74) is 2.34. The molecule has 6 nitrogen and oxygen atoms in total. The number of aliphatic carboxylic acids is 1. The molecule has 0 spiro atoms. The summed E-state index contributed by atoms with van der Waals surface area (Å²) in [7, 11) is 0. The largest absolute Gasteiger partial charge is 0.481 e. The molecule has 2 heterocycles.